The third-order valence-corrected chi connectivity index (χ3v) is 8.27. The molecule has 0 bridgehead atoms. The number of H-pyrrole nitrogens is 2. The predicted octanol–water partition coefficient (Wildman–Crippen LogP) is 3.61. The van der Waals surface area contributed by atoms with Crippen LogP contribution < -0.4 is 20.9 Å². The summed E-state index contributed by atoms with van der Waals surface area (Å²) in [6, 6.07) is 21.6. The van der Waals surface area contributed by atoms with E-state index in [1.54, 1.807) is 24.4 Å². The number of aromatic nitrogens is 4. The Morgan fingerprint density at radius 1 is 1.07 bits per heavy atom. The highest BCUT2D eigenvalue weighted by atomic mass is 32.2. The fourth-order valence-electron chi connectivity index (χ4n) is 4.63. The zero-order valence-electron chi connectivity index (χ0n) is 24.0. The number of nitrogens with zero attached hydrogens (tertiary/aromatic N) is 2. The first-order valence-corrected chi connectivity index (χ1v) is 15.1. The first kappa shape index (κ1) is 30.0. The van der Waals surface area contributed by atoms with Crippen molar-refractivity contribution in [3.05, 3.63) is 112 Å². The number of hydrogen-bond donors (Lipinski definition) is 6. The number of aromatic amines is 2. The fourth-order valence-corrected chi connectivity index (χ4v) is 5.49. The number of β-amino-alcohol motifs (C(OH)–C–C–N with tert-alkyl or cyclic N) is 1. The number of hydrogen-bond acceptors (Lipinski definition) is 6. The number of rotatable bonds is 13. The van der Waals surface area contributed by atoms with Crippen LogP contribution in [0.2, 0.25) is 0 Å². The number of aliphatic hydroxyl groups is 1. The summed E-state index contributed by atoms with van der Waals surface area (Å²) in [7, 11) is -1.40. The van der Waals surface area contributed by atoms with Crippen molar-refractivity contribution in [2.24, 2.45) is 0 Å². The Balaban J connectivity index is 1.13. The Labute approximate surface area is 251 Å². The zero-order chi connectivity index (χ0) is 30.4. The molecule has 0 aliphatic heterocycles. The van der Waals surface area contributed by atoms with Gasteiger partial charge in [-0.2, -0.15) is 0 Å². The molecule has 0 fully saturated rings. The molecule has 2 unspecified atom stereocenters. The number of nitrogens with one attached hydrogen (secondary N) is 5. The van der Waals surface area contributed by atoms with Crippen LogP contribution in [0.5, 0.6) is 0 Å². The molecule has 5 aromatic rings. The Hall–Kier alpha value is -4.52. The molecule has 2 atom stereocenters. The number of anilines is 1. The fraction of sp³-hybridized carbons (Fsp3) is 0.258. The van der Waals surface area contributed by atoms with Gasteiger partial charge in [-0.1, -0.05) is 30.3 Å². The second-order valence-electron chi connectivity index (χ2n) is 11.0. The molecule has 43 heavy (non-hydrogen) atoms. The average Bonchev–Trinajstić information content (AvgIpc) is 3.63. The number of aryl methyl sites for hydroxylation is 1. The largest absolute Gasteiger partial charge is 0.387 e. The van der Waals surface area contributed by atoms with E-state index < -0.39 is 17.1 Å². The Bertz CT molecular complexity index is 1780. The number of fused-ring (bicyclic) bond motifs is 1. The van der Waals surface area contributed by atoms with Gasteiger partial charge in [0.15, 0.2) is 0 Å². The lowest BCUT2D eigenvalue weighted by atomic mass is 9.99. The van der Waals surface area contributed by atoms with Gasteiger partial charge in [0.2, 0.25) is 0 Å². The topological polar surface area (TPSA) is 157 Å². The molecule has 0 radical (unpaired) electrons. The molecule has 3 aromatic heterocycles. The molecule has 0 aliphatic carbocycles. The van der Waals surface area contributed by atoms with Gasteiger partial charge in [0.25, 0.3) is 11.5 Å². The van der Waals surface area contributed by atoms with Crippen LogP contribution in [0.3, 0.4) is 0 Å². The first-order valence-electron chi connectivity index (χ1n) is 13.9. The van der Waals surface area contributed by atoms with Gasteiger partial charge in [0, 0.05) is 48.2 Å². The summed E-state index contributed by atoms with van der Waals surface area (Å²) < 4.78 is 17.7. The van der Waals surface area contributed by atoms with Gasteiger partial charge in [0.05, 0.1) is 28.8 Å². The highest BCUT2D eigenvalue weighted by molar-refractivity contribution is 7.86. The van der Waals surface area contributed by atoms with Crippen LogP contribution in [0, 0.1) is 0 Å². The van der Waals surface area contributed by atoms with Crippen molar-refractivity contribution in [3.8, 4) is 0 Å². The quantitative estimate of drug-likeness (QED) is 0.121. The lowest BCUT2D eigenvalue weighted by molar-refractivity contribution is 0.0950. The normalized spacial score (nSPS) is 13.1. The molecule has 224 valence electrons. The van der Waals surface area contributed by atoms with E-state index in [1.807, 2.05) is 59.3 Å². The van der Waals surface area contributed by atoms with Crippen LogP contribution >= 0.6 is 0 Å². The van der Waals surface area contributed by atoms with Crippen LogP contribution in [-0.4, -0.2) is 47.1 Å². The van der Waals surface area contributed by atoms with Gasteiger partial charge in [-0.15, -0.1) is 0 Å². The van der Waals surface area contributed by atoms with Crippen molar-refractivity contribution in [1.82, 2.24) is 30.4 Å². The molecular weight excluding hydrogens is 566 g/mol. The Morgan fingerprint density at radius 3 is 2.65 bits per heavy atom. The van der Waals surface area contributed by atoms with Crippen LogP contribution in [-0.2, 0) is 24.1 Å². The lowest BCUT2D eigenvalue weighted by Gasteiger charge is -2.28. The van der Waals surface area contributed by atoms with E-state index in [1.165, 1.54) is 6.07 Å². The third-order valence-electron chi connectivity index (χ3n) is 7.15. The molecule has 1 amide bonds. The van der Waals surface area contributed by atoms with Crippen LogP contribution in [0.25, 0.3) is 11.0 Å². The molecule has 0 saturated heterocycles. The molecule has 12 heteroatoms. The van der Waals surface area contributed by atoms with Gasteiger partial charge in [-0.05, 0) is 62.2 Å². The maximum atomic E-state index is 12.6. The average molecular weight is 602 g/mol. The summed E-state index contributed by atoms with van der Waals surface area (Å²) in [5.41, 5.74) is 2.65. The van der Waals surface area contributed by atoms with E-state index in [-0.39, 0.29) is 23.6 Å². The number of carbonyl (C=O) groups excluding carboxylic acids is 1. The van der Waals surface area contributed by atoms with E-state index in [0.29, 0.717) is 34.9 Å². The molecule has 3 heterocycles. The number of carbonyl (C=O) groups is 1. The zero-order valence-corrected chi connectivity index (χ0v) is 24.8. The van der Waals surface area contributed by atoms with E-state index >= 15 is 0 Å². The molecule has 5 rings (SSSR count). The summed E-state index contributed by atoms with van der Waals surface area (Å²) in [6.07, 6.45) is 3.51. The van der Waals surface area contributed by atoms with Crippen molar-refractivity contribution < 1.29 is 14.1 Å². The Kier molecular flexibility index (Phi) is 9.19. The van der Waals surface area contributed by atoms with Crippen molar-refractivity contribution in [1.29, 1.82) is 0 Å². The van der Waals surface area contributed by atoms with Gasteiger partial charge in [0.1, 0.15) is 16.6 Å². The van der Waals surface area contributed by atoms with E-state index in [2.05, 4.69) is 44.4 Å². The molecular formula is C31H35N7O4S. The summed E-state index contributed by atoms with van der Waals surface area (Å²) in [5.74, 6) is -0.279. The van der Waals surface area contributed by atoms with Crippen molar-refractivity contribution in [2.75, 3.05) is 11.3 Å². The summed E-state index contributed by atoms with van der Waals surface area (Å²) in [4.78, 5) is 29.0. The molecule has 0 spiro atoms. The standard InChI is InChI=1S/C31H35N7O4S/c1-31(2,34-20-27(39)21-7-6-8-24(16-21)37-43(42)26-9-4-3-5-10-26)12-14-38-13-11-22-15-23(18-32-29(22)38)30(41)33-19-25-17-28(40)36-35-25/h3-11,13,15-18,27,34,37,39H,12,14,19-20H2,1-2H3,(H,33,41)(H2,35,36,40). The highest BCUT2D eigenvalue weighted by Gasteiger charge is 2.20. The van der Waals surface area contributed by atoms with Gasteiger partial charge in [-0.3, -0.25) is 14.7 Å². The maximum Gasteiger partial charge on any atom is 0.264 e. The van der Waals surface area contributed by atoms with Crippen LogP contribution in [0.1, 0.15) is 48.0 Å². The monoisotopic (exact) mass is 601 g/mol. The minimum Gasteiger partial charge on any atom is -0.387 e. The van der Waals surface area contributed by atoms with E-state index in [9.17, 15) is 18.9 Å². The molecule has 0 aliphatic rings. The van der Waals surface area contributed by atoms with E-state index in [4.69, 9.17) is 0 Å². The van der Waals surface area contributed by atoms with Gasteiger partial charge < -0.3 is 30.1 Å². The SMILES string of the molecule is CC(C)(CCn1ccc2cc(C(=O)NCc3cc(=O)[nH][nH]3)cnc21)NCC(O)c1cccc(NS(=O)c2ccccc2)c1. The Morgan fingerprint density at radius 2 is 1.88 bits per heavy atom. The molecule has 6 N–H and O–H groups in total. The van der Waals surface area contributed by atoms with Crippen molar-refractivity contribution in [3.63, 3.8) is 0 Å². The first-order chi connectivity index (χ1) is 20.7. The third kappa shape index (κ3) is 7.86. The lowest BCUT2D eigenvalue weighted by Crippen LogP contribution is -2.42. The maximum absolute atomic E-state index is 12.6. The van der Waals surface area contributed by atoms with Crippen molar-refractivity contribution >= 4 is 33.6 Å². The minimum absolute atomic E-state index is 0.199. The second kappa shape index (κ2) is 13.2. The summed E-state index contributed by atoms with van der Waals surface area (Å²) in [6.45, 7) is 5.40. The van der Waals surface area contributed by atoms with Crippen LogP contribution in [0.15, 0.2) is 94.9 Å². The molecule has 0 saturated carbocycles. The summed E-state index contributed by atoms with van der Waals surface area (Å²) >= 11 is 0. The predicted molar refractivity (Wildman–Crippen MR) is 167 cm³/mol. The number of pyridine rings is 1. The highest BCUT2D eigenvalue weighted by Crippen LogP contribution is 2.22. The minimum atomic E-state index is -1.40. The van der Waals surface area contributed by atoms with Gasteiger partial charge in [-0.25, -0.2) is 9.19 Å². The van der Waals surface area contributed by atoms with E-state index in [0.717, 1.165) is 23.0 Å². The van der Waals surface area contributed by atoms with Crippen molar-refractivity contribution in [2.45, 2.75) is 49.9 Å². The second-order valence-corrected chi connectivity index (χ2v) is 12.2. The smallest absolute Gasteiger partial charge is 0.264 e. The molecule has 2 aromatic carbocycles. The molecule has 11 nitrogen and oxygen atoms in total. The van der Waals surface area contributed by atoms with Gasteiger partial charge >= 0.3 is 0 Å². The number of amides is 1. The number of benzene rings is 2. The number of aliphatic hydroxyl groups excluding tert-OH is 1. The van der Waals surface area contributed by atoms with Crippen LogP contribution in [0.4, 0.5) is 5.69 Å². The summed E-state index contributed by atoms with van der Waals surface area (Å²) in [5, 5.41) is 23.1.